The number of hydrogen-bond acceptors (Lipinski definition) is 1. The first-order chi connectivity index (χ1) is 6.38. The molecule has 2 nitrogen and oxygen atoms in total. The molecular formula is C11H9NO. The van der Waals surface area contributed by atoms with Gasteiger partial charge < -0.3 is 4.57 Å². The molecule has 2 aromatic rings. The van der Waals surface area contributed by atoms with E-state index in [0.717, 1.165) is 24.8 Å². The molecule has 0 radical (unpaired) electrons. The second-order valence-electron chi connectivity index (χ2n) is 3.49. The highest BCUT2D eigenvalue weighted by atomic mass is 16.1. The summed E-state index contributed by atoms with van der Waals surface area (Å²) in [5, 5.41) is 1.19. The van der Waals surface area contributed by atoms with Crippen molar-refractivity contribution in [2.24, 2.45) is 0 Å². The Bertz CT molecular complexity index is 496. The van der Waals surface area contributed by atoms with Crippen molar-refractivity contribution in [3.05, 3.63) is 35.5 Å². The van der Waals surface area contributed by atoms with E-state index in [0.29, 0.717) is 0 Å². The molecule has 0 unspecified atom stereocenters. The van der Waals surface area contributed by atoms with Gasteiger partial charge in [0, 0.05) is 23.7 Å². The molecule has 64 valence electrons. The average molecular weight is 171 g/mol. The van der Waals surface area contributed by atoms with E-state index >= 15 is 0 Å². The first-order valence-corrected chi connectivity index (χ1v) is 4.45. The van der Waals surface area contributed by atoms with Crippen LogP contribution in [0.25, 0.3) is 10.9 Å². The predicted octanol–water partition coefficient (Wildman–Crippen LogP) is 2.01. The maximum absolute atomic E-state index is 10.7. The first kappa shape index (κ1) is 6.89. The molecule has 0 spiro atoms. The number of aromatic nitrogens is 1. The molecule has 1 aromatic carbocycles. The molecule has 3 rings (SSSR count). The van der Waals surface area contributed by atoms with Crippen molar-refractivity contribution in [1.82, 2.24) is 4.57 Å². The molecule has 0 fully saturated rings. The third-order valence-electron chi connectivity index (χ3n) is 2.72. The Labute approximate surface area is 75.8 Å². The fourth-order valence-corrected chi connectivity index (χ4v) is 2.15. The Hall–Kier alpha value is -1.57. The zero-order valence-electron chi connectivity index (χ0n) is 7.16. The number of aldehydes is 1. The Morgan fingerprint density at radius 3 is 3.15 bits per heavy atom. The molecule has 0 aliphatic carbocycles. The van der Waals surface area contributed by atoms with Crippen LogP contribution in [0.3, 0.4) is 0 Å². The molecule has 1 aromatic heterocycles. The van der Waals surface area contributed by atoms with Crippen molar-refractivity contribution in [1.29, 1.82) is 0 Å². The number of carbonyl (C=O) groups is 1. The zero-order valence-corrected chi connectivity index (χ0v) is 7.16. The van der Waals surface area contributed by atoms with E-state index in [-0.39, 0.29) is 0 Å². The monoisotopic (exact) mass is 171 g/mol. The van der Waals surface area contributed by atoms with Gasteiger partial charge in [0.05, 0.1) is 5.52 Å². The molecule has 0 saturated carbocycles. The van der Waals surface area contributed by atoms with E-state index < -0.39 is 0 Å². The number of nitrogens with zero attached hydrogens (tertiary/aromatic N) is 1. The minimum atomic E-state index is 0.794. The number of hydrogen-bond donors (Lipinski definition) is 0. The van der Waals surface area contributed by atoms with Crippen LogP contribution < -0.4 is 0 Å². The van der Waals surface area contributed by atoms with Crippen molar-refractivity contribution in [2.45, 2.75) is 13.0 Å². The first-order valence-electron chi connectivity index (χ1n) is 4.45. The van der Waals surface area contributed by atoms with Gasteiger partial charge in [-0.25, -0.2) is 0 Å². The number of carbonyl (C=O) groups excluding carboxylic acids is 1. The third kappa shape index (κ3) is 0.800. The normalized spacial score (nSPS) is 13.8. The van der Waals surface area contributed by atoms with E-state index in [4.69, 9.17) is 0 Å². The third-order valence-corrected chi connectivity index (χ3v) is 2.72. The van der Waals surface area contributed by atoms with Crippen molar-refractivity contribution < 1.29 is 4.79 Å². The lowest BCUT2D eigenvalue weighted by Gasteiger charge is -1.96. The SMILES string of the molecule is O=Cc1cc2c3c(ccn3CC2)c1. The topological polar surface area (TPSA) is 22.0 Å². The lowest BCUT2D eigenvalue weighted by molar-refractivity contribution is 0.112. The van der Waals surface area contributed by atoms with Crippen LogP contribution >= 0.6 is 0 Å². The van der Waals surface area contributed by atoms with Gasteiger partial charge in [0.2, 0.25) is 0 Å². The van der Waals surface area contributed by atoms with Crippen LogP contribution in [-0.2, 0) is 13.0 Å². The molecule has 0 bridgehead atoms. The van der Waals surface area contributed by atoms with Gasteiger partial charge in [-0.05, 0) is 30.2 Å². The van der Waals surface area contributed by atoms with E-state index in [9.17, 15) is 4.79 Å². The Morgan fingerprint density at radius 2 is 2.31 bits per heavy atom. The Morgan fingerprint density at radius 1 is 1.38 bits per heavy atom. The highest BCUT2D eigenvalue weighted by Crippen LogP contribution is 2.27. The average Bonchev–Trinajstić information content (AvgIpc) is 2.74. The number of rotatable bonds is 1. The van der Waals surface area contributed by atoms with Gasteiger partial charge in [-0.2, -0.15) is 0 Å². The van der Waals surface area contributed by atoms with Crippen LogP contribution in [0.4, 0.5) is 0 Å². The Balaban J connectivity index is 2.46. The van der Waals surface area contributed by atoms with Crippen molar-refractivity contribution in [2.75, 3.05) is 0 Å². The van der Waals surface area contributed by atoms with Crippen molar-refractivity contribution >= 4 is 17.2 Å². The van der Waals surface area contributed by atoms with Crippen LogP contribution in [0, 0.1) is 0 Å². The van der Waals surface area contributed by atoms with Gasteiger partial charge in [-0.15, -0.1) is 0 Å². The van der Waals surface area contributed by atoms with Gasteiger partial charge in [0.25, 0.3) is 0 Å². The molecule has 2 heteroatoms. The summed E-state index contributed by atoms with van der Waals surface area (Å²) in [5.41, 5.74) is 3.41. The second kappa shape index (κ2) is 2.22. The maximum Gasteiger partial charge on any atom is 0.150 e. The summed E-state index contributed by atoms with van der Waals surface area (Å²) in [6.45, 7) is 1.06. The smallest absolute Gasteiger partial charge is 0.150 e. The molecule has 0 atom stereocenters. The maximum atomic E-state index is 10.7. The van der Waals surface area contributed by atoms with E-state index in [1.165, 1.54) is 16.5 Å². The lowest BCUT2D eigenvalue weighted by atomic mass is 10.1. The van der Waals surface area contributed by atoms with Gasteiger partial charge in [0.15, 0.2) is 0 Å². The molecule has 13 heavy (non-hydrogen) atoms. The fourth-order valence-electron chi connectivity index (χ4n) is 2.15. The quantitative estimate of drug-likeness (QED) is 0.601. The standard InChI is InChI=1S/C11H9NO/c13-7-8-5-9-1-3-12-4-2-10(6-8)11(9)12/h1,3,5-7H,2,4H2. The molecule has 0 N–H and O–H groups in total. The van der Waals surface area contributed by atoms with Crippen LogP contribution in [0.5, 0.6) is 0 Å². The Kier molecular flexibility index (Phi) is 1.18. The highest BCUT2D eigenvalue weighted by Gasteiger charge is 2.14. The summed E-state index contributed by atoms with van der Waals surface area (Å²) >= 11 is 0. The van der Waals surface area contributed by atoms with Crippen molar-refractivity contribution in [3.8, 4) is 0 Å². The summed E-state index contributed by atoms with van der Waals surface area (Å²) in [7, 11) is 0. The van der Waals surface area contributed by atoms with Gasteiger partial charge in [-0.3, -0.25) is 4.79 Å². The van der Waals surface area contributed by atoms with Crippen LogP contribution in [0.15, 0.2) is 24.4 Å². The van der Waals surface area contributed by atoms with Crippen LogP contribution in [0.1, 0.15) is 15.9 Å². The minimum Gasteiger partial charge on any atom is -0.347 e. The molecule has 0 amide bonds. The summed E-state index contributed by atoms with van der Waals surface area (Å²) < 4.78 is 2.25. The number of benzene rings is 1. The summed E-state index contributed by atoms with van der Waals surface area (Å²) in [4.78, 5) is 10.7. The molecule has 2 heterocycles. The molecule has 1 aliphatic heterocycles. The summed E-state index contributed by atoms with van der Waals surface area (Å²) in [6.07, 6.45) is 4.08. The van der Waals surface area contributed by atoms with Crippen LogP contribution in [-0.4, -0.2) is 10.9 Å². The van der Waals surface area contributed by atoms with E-state index in [1.54, 1.807) is 0 Å². The summed E-state index contributed by atoms with van der Waals surface area (Å²) in [5.74, 6) is 0. The minimum absolute atomic E-state index is 0.794. The predicted molar refractivity (Wildman–Crippen MR) is 51.0 cm³/mol. The van der Waals surface area contributed by atoms with Gasteiger partial charge >= 0.3 is 0 Å². The van der Waals surface area contributed by atoms with Gasteiger partial charge in [0.1, 0.15) is 6.29 Å². The lowest BCUT2D eigenvalue weighted by Crippen LogP contribution is -1.86. The largest absolute Gasteiger partial charge is 0.347 e. The molecular weight excluding hydrogens is 162 g/mol. The fraction of sp³-hybridized carbons (Fsp3) is 0.182. The van der Waals surface area contributed by atoms with Gasteiger partial charge in [-0.1, -0.05) is 0 Å². The number of aryl methyl sites for hydroxylation is 2. The van der Waals surface area contributed by atoms with Crippen molar-refractivity contribution in [3.63, 3.8) is 0 Å². The van der Waals surface area contributed by atoms with Crippen LogP contribution in [0.2, 0.25) is 0 Å². The molecule has 0 saturated heterocycles. The molecule has 1 aliphatic rings. The summed E-state index contributed by atoms with van der Waals surface area (Å²) in [6, 6.07) is 6.03. The highest BCUT2D eigenvalue weighted by molar-refractivity contribution is 5.90. The zero-order chi connectivity index (χ0) is 8.84. The van der Waals surface area contributed by atoms with E-state index in [1.807, 2.05) is 12.1 Å². The van der Waals surface area contributed by atoms with E-state index in [2.05, 4.69) is 16.8 Å². The second-order valence-corrected chi connectivity index (χ2v) is 3.49.